The molecule has 6 nitrogen and oxygen atoms in total. The number of hydrogen-bond donors (Lipinski definition) is 2. The number of hydrogen-bond acceptors (Lipinski definition) is 4. The van der Waals surface area contributed by atoms with Crippen LogP contribution in [0.1, 0.15) is 34.8 Å². The molecule has 0 saturated heterocycles. The first-order valence-electron chi connectivity index (χ1n) is 8.35. The van der Waals surface area contributed by atoms with Crippen molar-refractivity contribution in [1.29, 1.82) is 0 Å². The highest BCUT2D eigenvalue weighted by Gasteiger charge is 2.47. The van der Waals surface area contributed by atoms with Gasteiger partial charge in [-0.05, 0) is 24.3 Å². The Morgan fingerprint density at radius 1 is 1.25 bits per heavy atom. The Bertz CT molecular complexity index is 997. The molecule has 2 N–H and O–H groups in total. The van der Waals surface area contributed by atoms with Crippen LogP contribution in [-0.2, 0) is 0 Å². The number of alkyl halides is 3. The van der Waals surface area contributed by atoms with E-state index in [0.29, 0.717) is 5.76 Å². The number of para-hydroxylation sites is 1. The molecule has 4 rings (SSSR count). The maximum atomic E-state index is 13.7. The molecule has 28 heavy (non-hydrogen) atoms. The van der Waals surface area contributed by atoms with Crippen LogP contribution in [0.25, 0.3) is 0 Å². The van der Waals surface area contributed by atoms with Gasteiger partial charge < -0.3 is 15.1 Å². The molecule has 0 fully saturated rings. The number of anilines is 2. The lowest BCUT2D eigenvalue weighted by molar-refractivity contribution is -0.174. The van der Waals surface area contributed by atoms with Crippen molar-refractivity contribution in [3.8, 4) is 0 Å². The molecule has 0 radical (unpaired) electrons. The fourth-order valence-electron chi connectivity index (χ4n) is 3.11. The number of aromatic nitrogens is 2. The highest BCUT2D eigenvalue weighted by atomic mass is 19.4. The maximum absolute atomic E-state index is 13.7. The fraction of sp³-hybridized carbons (Fsp3) is 0.222. The molecule has 1 aromatic carbocycles. The third kappa shape index (κ3) is 3.32. The van der Waals surface area contributed by atoms with Crippen LogP contribution in [0.5, 0.6) is 0 Å². The van der Waals surface area contributed by atoms with Gasteiger partial charge in [0.15, 0.2) is 11.7 Å². The van der Waals surface area contributed by atoms with Gasteiger partial charge in [-0.2, -0.15) is 18.3 Å². The quantitative estimate of drug-likeness (QED) is 0.641. The number of amides is 1. The second-order valence-corrected chi connectivity index (χ2v) is 6.30. The van der Waals surface area contributed by atoms with Gasteiger partial charge in [-0.3, -0.25) is 4.79 Å². The summed E-state index contributed by atoms with van der Waals surface area (Å²) in [6.45, 7) is 0. The minimum Gasteiger partial charge on any atom is -0.467 e. The highest BCUT2D eigenvalue weighted by Crippen LogP contribution is 2.43. The van der Waals surface area contributed by atoms with Crippen molar-refractivity contribution in [1.82, 2.24) is 9.78 Å². The van der Waals surface area contributed by atoms with Crippen molar-refractivity contribution in [2.75, 3.05) is 10.6 Å². The second-order valence-electron chi connectivity index (χ2n) is 6.30. The van der Waals surface area contributed by atoms with Gasteiger partial charge in [0, 0.05) is 12.5 Å². The fourth-order valence-corrected chi connectivity index (χ4v) is 3.11. The lowest BCUT2D eigenvalue weighted by Crippen LogP contribution is -2.35. The molecule has 0 unspecified atom stereocenters. The van der Waals surface area contributed by atoms with Crippen LogP contribution in [0.2, 0.25) is 0 Å². The number of nitrogens with zero attached hydrogens (tertiary/aromatic N) is 2. The van der Waals surface area contributed by atoms with Crippen molar-refractivity contribution in [2.24, 2.45) is 0 Å². The number of benzene rings is 1. The molecular weight excluding hydrogens is 380 g/mol. The third-order valence-electron chi connectivity index (χ3n) is 4.43. The summed E-state index contributed by atoms with van der Waals surface area (Å²) in [4.78, 5) is 12.4. The van der Waals surface area contributed by atoms with Crippen LogP contribution < -0.4 is 10.6 Å². The molecule has 0 aliphatic carbocycles. The summed E-state index contributed by atoms with van der Waals surface area (Å²) >= 11 is 0. The molecule has 2 atom stereocenters. The number of fused-ring (bicyclic) bond motifs is 1. The van der Waals surface area contributed by atoms with E-state index in [4.69, 9.17) is 4.42 Å². The molecule has 1 aliphatic heterocycles. The van der Waals surface area contributed by atoms with E-state index in [0.717, 1.165) is 10.7 Å². The van der Waals surface area contributed by atoms with Crippen molar-refractivity contribution in [2.45, 2.75) is 24.7 Å². The molecule has 3 aromatic rings. The Hall–Kier alpha value is -3.30. The van der Waals surface area contributed by atoms with Gasteiger partial charge in [-0.1, -0.05) is 12.1 Å². The second kappa shape index (κ2) is 6.70. The van der Waals surface area contributed by atoms with Crippen LogP contribution in [0.4, 0.5) is 29.1 Å². The number of nitrogens with one attached hydrogen (secondary N) is 2. The van der Waals surface area contributed by atoms with Crippen LogP contribution in [0.15, 0.2) is 53.1 Å². The molecule has 10 heteroatoms. The van der Waals surface area contributed by atoms with E-state index in [1.165, 1.54) is 30.5 Å². The van der Waals surface area contributed by atoms with Gasteiger partial charge in [-0.25, -0.2) is 9.07 Å². The zero-order chi connectivity index (χ0) is 19.9. The molecule has 0 spiro atoms. The predicted molar refractivity (Wildman–Crippen MR) is 91.4 cm³/mol. The first-order valence-corrected chi connectivity index (χ1v) is 8.35. The summed E-state index contributed by atoms with van der Waals surface area (Å²) in [6.07, 6.45) is -3.55. The van der Waals surface area contributed by atoms with Crippen LogP contribution in [-0.4, -0.2) is 21.9 Å². The van der Waals surface area contributed by atoms with Crippen molar-refractivity contribution in [3.05, 3.63) is 66.0 Å². The first-order chi connectivity index (χ1) is 13.3. The highest BCUT2D eigenvalue weighted by molar-refractivity contribution is 6.03. The predicted octanol–water partition coefficient (Wildman–Crippen LogP) is 4.53. The maximum Gasteiger partial charge on any atom is 0.410 e. The van der Waals surface area contributed by atoms with Crippen molar-refractivity contribution in [3.63, 3.8) is 0 Å². The number of carbonyl (C=O) groups excluding carboxylic acids is 1. The Balaban J connectivity index is 1.65. The third-order valence-corrected chi connectivity index (χ3v) is 4.43. The Labute approximate surface area is 156 Å². The molecule has 146 valence electrons. The van der Waals surface area contributed by atoms with E-state index in [2.05, 4.69) is 15.7 Å². The molecule has 3 heterocycles. The van der Waals surface area contributed by atoms with E-state index in [-0.39, 0.29) is 23.6 Å². The Morgan fingerprint density at radius 2 is 2.04 bits per heavy atom. The summed E-state index contributed by atoms with van der Waals surface area (Å²) in [5.41, 5.74) is -0.354. The average molecular weight is 394 g/mol. The van der Waals surface area contributed by atoms with Gasteiger partial charge in [0.25, 0.3) is 5.91 Å². The van der Waals surface area contributed by atoms with E-state index < -0.39 is 30.0 Å². The van der Waals surface area contributed by atoms with E-state index in [1.807, 2.05) is 0 Å². The Morgan fingerprint density at radius 3 is 2.71 bits per heavy atom. The molecular formula is C18H14F4N4O2. The first kappa shape index (κ1) is 18.1. The smallest absolute Gasteiger partial charge is 0.410 e. The van der Waals surface area contributed by atoms with Gasteiger partial charge in [0.1, 0.15) is 17.4 Å². The topological polar surface area (TPSA) is 72.1 Å². The minimum atomic E-state index is -4.58. The lowest BCUT2D eigenvalue weighted by Gasteiger charge is -2.32. The summed E-state index contributed by atoms with van der Waals surface area (Å²) in [6, 6.07) is 7.16. The normalized spacial score (nSPS) is 19.0. The number of rotatable bonds is 3. The van der Waals surface area contributed by atoms with Gasteiger partial charge in [-0.15, -0.1) is 0 Å². The zero-order valence-corrected chi connectivity index (χ0v) is 14.2. The number of halogens is 4. The summed E-state index contributed by atoms with van der Waals surface area (Å²) < 4.78 is 60.4. The largest absolute Gasteiger partial charge is 0.467 e. The minimum absolute atomic E-state index is 0.0219. The summed E-state index contributed by atoms with van der Waals surface area (Å²) in [5, 5.41) is 9.02. The summed E-state index contributed by atoms with van der Waals surface area (Å²) in [7, 11) is 0. The van der Waals surface area contributed by atoms with Crippen LogP contribution in [0.3, 0.4) is 0 Å². The van der Waals surface area contributed by atoms with Crippen LogP contribution in [0, 0.1) is 5.82 Å². The van der Waals surface area contributed by atoms with Gasteiger partial charge in [0.2, 0.25) is 0 Å². The SMILES string of the molecule is O=C(Nc1ccccc1F)c1cc2n(n1)[C@@H](C(F)(F)F)C[C@H](c1ccco1)N2. The standard InChI is InChI=1S/C18H14F4N4O2/c19-10-4-1-2-5-11(10)24-17(27)13-9-16-23-12(14-6-3-7-28-14)8-15(18(20,21)22)26(16)25-13/h1-7,9,12,15,23H,8H2,(H,24,27)/t12-,15-/m1/s1. The number of furan rings is 1. The Kier molecular flexibility index (Phi) is 4.33. The van der Waals surface area contributed by atoms with E-state index >= 15 is 0 Å². The number of carbonyl (C=O) groups is 1. The van der Waals surface area contributed by atoms with Crippen LogP contribution >= 0.6 is 0 Å². The zero-order valence-electron chi connectivity index (χ0n) is 14.2. The summed E-state index contributed by atoms with van der Waals surface area (Å²) in [5.74, 6) is -1.11. The monoisotopic (exact) mass is 394 g/mol. The van der Waals surface area contributed by atoms with Crippen molar-refractivity contribution >= 4 is 17.4 Å². The van der Waals surface area contributed by atoms with E-state index in [9.17, 15) is 22.4 Å². The van der Waals surface area contributed by atoms with E-state index in [1.54, 1.807) is 12.1 Å². The average Bonchev–Trinajstić information content (AvgIpc) is 3.31. The van der Waals surface area contributed by atoms with Gasteiger partial charge in [0.05, 0.1) is 18.0 Å². The molecule has 2 aromatic heterocycles. The molecule has 0 saturated carbocycles. The molecule has 1 amide bonds. The van der Waals surface area contributed by atoms with Crippen molar-refractivity contribution < 1.29 is 26.8 Å². The lowest BCUT2D eigenvalue weighted by atomic mass is 10.0. The molecule has 0 bridgehead atoms. The van der Waals surface area contributed by atoms with Gasteiger partial charge >= 0.3 is 6.18 Å². The molecule has 1 aliphatic rings.